The first-order valence-electron chi connectivity index (χ1n) is 8.29. The van der Waals surface area contributed by atoms with Crippen LogP contribution in [0.25, 0.3) is 0 Å². The molecule has 0 aromatic heterocycles. The fourth-order valence-corrected chi connectivity index (χ4v) is 3.95. The number of aliphatic carboxylic acids is 1. The van der Waals surface area contributed by atoms with E-state index in [2.05, 4.69) is 29.5 Å². The van der Waals surface area contributed by atoms with Crippen molar-refractivity contribution in [1.82, 2.24) is 10.6 Å². The van der Waals surface area contributed by atoms with Crippen LogP contribution in [0.5, 0.6) is 0 Å². The number of isocyanates is 1. The van der Waals surface area contributed by atoms with Crippen LogP contribution >= 0.6 is 0 Å². The van der Waals surface area contributed by atoms with Crippen LogP contribution in [0, 0.1) is 10.8 Å². The van der Waals surface area contributed by atoms with E-state index in [9.17, 15) is 19.2 Å². The lowest BCUT2D eigenvalue weighted by molar-refractivity contribution is -0.140. The van der Waals surface area contributed by atoms with E-state index < -0.39 is 18.0 Å². The number of carbonyl (C=O) groups is 3. The molecule has 3 atom stereocenters. The Morgan fingerprint density at radius 3 is 2.44 bits per heavy atom. The second kappa shape index (κ2) is 8.25. The largest absolute Gasteiger partial charge is 0.480 e. The SMILES string of the molecule is CC(=O)CC(NC(=O)NC1CC(C)(C)CC(C)(CN=C=O)C1)C(=O)O. The Morgan fingerprint density at radius 2 is 1.92 bits per heavy atom. The number of hydrogen-bond donors (Lipinski definition) is 3. The Kier molecular flexibility index (Phi) is 6.87. The lowest BCUT2D eigenvalue weighted by Gasteiger charge is -2.46. The zero-order valence-corrected chi connectivity index (χ0v) is 15.2. The van der Waals surface area contributed by atoms with E-state index in [0.717, 1.165) is 12.8 Å². The van der Waals surface area contributed by atoms with Crippen molar-refractivity contribution in [3.8, 4) is 0 Å². The van der Waals surface area contributed by atoms with E-state index in [4.69, 9.17) is 5.11 Å². The third kappa shape index (κ3) is 7.05. The van der Waals surface area contributed by atoms with Crippen LogP contribution < -0.4 is 10.6 Å². The van der Waals surface area contributed by atoms with Gasteiger partial charge in [0.15, 0.2) is 0 Å². The number of amides is 2. The lowest BCUT2D eigenvalue weighted by atomic mass is 9.62. The van der Waals surface area contributed by atoms with Gasteiger partial charge >= 0.3 is 12.0 Å². The second-order valence-electron chi connectivity index (χ2n) is 8.08. The summed E-state index contributed by atoms with van der Waals surface area (Å²) in [5, 5.41) is 14.2. The van der Waals surface area contributed by atoms with Gasteiger partial charge in [0, 0.05) is 12.5 Å². The van der Waals surface area contributed by atoms with Gasteiger partial charge in [-0.1, -0.05) is 20.8 Å². The van der Waals surface area contributed by atoms with Gasteiger partial charge in [-0.3, -0.25) is 4.79 Å². The first-order chi connectivity index (χ1) is 11.5. The smallest absolute Gasteiger partial charge is 0.326 e. The summed E-state index contributed by atoms with van der Waals surface area (Å²) >= 11 is 0. The van der Waals surface area contributed by atoms with Crippen molar-refractivity contribution < 1.29 is 24.3 Å². The Morgan fingerprint density at radius 1 is 1.28 bits per heavy atom. The molecule has 1 fully saturated rings. The molecule has 1 aliphatic carbocycles. The predicted octanol–water partition coefficient (Wildman–Crippen LogP) is 1.64. The fraction of sp³-hybridized carbons (Fsp3) is 0.765. The molecule has 0 aromatic carbocycles. The molecule has 25 heavy (non-hydrogen) atoms. The zero-order chi connectivity index (χ0) is 19.3. The van der Waals surface area contributed by atoms with Crippen molar-refractivity contribution in [2.75, 3.05) is 6.54 Å². The second-order valence-corrected chi connectivity index (χ2v) is 8.08. The molecule has 1 aliphatic rings. The number of urea groups is 1. The van der Waals surface area contributed by atoms with Gasteiger partial charge in [0.25, 0.3) is 0 Å². The van der Waals surface area contributed by atoms with E-state index in [0.29, 0.717) is 13.0 Å². The highest BCUT2D eigenvalue weighted by Gasteiger charge is 2.41. The van der Waals surface area contributed by atoms with E-state index in [1.54, 1.807) is 6.08 Å². The number of nitrogens with one attached hydrogen (secondary N) is 2. The van der Waals surface area contributed by atoms with Crippen LogP contribution in [0.4, 0.5) is 4.79 Å². The van der Waals surface area contributed by atoms with Gasteiger partial charge in [0.1, 0.15) is 11.8 Å². The van der Waals surface area contributed by atoms with E-state index >= 15 is 0 Å². The van der Waals surface area contributed by atoms with Crippen molar-refractivity contribution in [2.24, 2.45) is 15.8 Å². The number of rotatable bonds is 7. The molecule has 0 heterocycles. The summed E-state index contributed by atoms with van der Waals surface area (Å²) in [5.41, 5.74) is -0.308. The zero-order valence-electron chi connectivity index (χ0n) is 15.2. The quantitative estimate of drug-likeness (QED) is 0.474. The van der Waals surface area contributed by atoms with Crippen LogP contribution in [0.2, 0.25) is 0 Å². The topological polar surface area (TPSA) is 125 Å². The highest BCUT2D eigenvalue weighted by Crippen LogP contribution is 2.46. The van der Waals surface area contributed by atoms with Gasteiger partial charge in [-0.2, -0.15) is 0 Å². The number of carboxylic acid groups (broad SMARTS) is 1. The molecule has 0 aliphatic heterocycles. The van der Waals surface area contributed by atoms with Gasteiger partial charge in [0.05, 0.1) is 6.54 Å². The summed E-state index contributed by atoms with van der Waals surface area (Å²) in [6.07, 6.45) is 3.50. The highest BCUT2D eigenvalue weighted by molar-refractivity contribution is 5.88. The summed E-state index contributed by atoms with van der Waals surface area (Å²) in [4.78, 5) is 48.6. The molecule has 8 heteroatoms. The molecular weight excluding hydrogens is 326 g/mol. The van der Waals surface area contributed by atoms with Crippen molar-refractivity contribution >= 4 is 23.9 Å². The summed E-state index contributed by atoms with van der Waals surface area (Å²) in [6, 6.07) is -2.04. The summed E-state index contributed by atoms with van der Waals surface area (Å²) in [6.45, 7) is 7.78. The molecule has 2 amide bonds. The average molecular weight is 353 g/mol. The van der Waals surface area contributed by atoms with Gasteiger partial charge in [-0.25, -0.2) is 19.4 Å². The van der Waals surface area contributed by atoms with E-state index in [1.165, 1.54) is 6.92 Å². The minimum Gasteiger partial charge on any atom is -0.480 e. The number of nitrogens with zero attached hydrogens (tertiary/aromatic N) is 1. The maximum atomic E-state index is 12.2. The van der Waals surface area contributed by atoms with Gasteiger partial charge in [0.2, 0.25) is 6.08 Å². The third-order valence-electron chi connectivity index (χ3n) is 4.40. The maximum absolute atomic E-state index is 12.2. The lowest BCUT2D eigenvalue weighted by Crippen LogP contribution is -2.53. The molecule has 1 rings (SSSR count). The molecule has 140 valence electrons. The molecule has 8 nitrogen and oxygen atoms in total. The first kappa shape index (κ1) is 20.8. The monoisotopic (exact) mass is 353 g/mol. The highest BCUT2D eigenvalue weighted by atomic mass is 16.4. The number of aliphatic imine (C=N–C) groups is 1. The number of ketones is 1. The predicted molar refractivity (Wildman–Crippen MR) is 90.9 cm³/mol. The molecular formula is C17H27N3O5. The van der Waals surface area contributed by atoms with Crippen LogP contribution in [0.1, 0.15) is 53.4 Å². The summed E-state index contributed by atoms with van der Waals surface area (Å²) in [7, 11) is 0. The molecule has 0 spiro atoms. The Hall–Kier alpha value is -2.21. The van der Waals surface area contributed by atoms with Gasteiger partial charge in [-0.15, -0.1) is 0 Å². The number of Topliss-reactive ketones (excluding diaryl/α,β-unsaturated/α-hetero) is 1. The number of carbonyl (C=O) groups excluding carboxylic acids is 3. The van der Waals surface area contributed by atoms with Crippen LogP contribution in [-0.2, 0) is 14.4 Å². The Labute approximate surface area is 147 Å². The van der Waals surface area contributed by atoms with E-state index in [-0.39, 0.29) is 29.1 Å². The first-order valence-corrected chi connectivity index (χ1v) is 8.29. The minimum absolute atomic E-state index is 0.0606. The normalized spacial score (nSPS) is 26.0. The number of hydrogen-bond acceptors (Lipinski definition) is 5. The van der Waals surface area contributed by atoms with Gasteiger partial charge in [-0.05, 0) is 37.0 Å². The molecule has 0 saturated heterocycles. The van der Waals surface area contributed by atoms with E-state index in [1.807, 2.05) is 6.92 Å². The van der Waals surface area contributed by atoms with Gasteiger partial charge < -0.3 is 15.7 Å². The third-order valence-corrected chi connectivity index (χ3v) is 4.40. The molecule has 3 unspecified atom stereocenters. The van der Waals surface area contributed by atoms with Crippen molar-refractivity contribution in [3.63, 3.8) is 0 Å². The summed E-state index contributed by atoms with van der Waals surface area (Å²) in [5.74, 6) is -1.56. The fourth-order valence-electron chi connectivity index (χ4n) is 3.95. The van der Waals surface area contributed by atoms with Crippen LogP contribution in [-0.4, -0.2) is 47.6 Å². The van der Waals surface area contributed by atoms with Crippen LogP contribution in [0.15, 0.2) is 4.99 Å². The maximum Gasteiger partial charge on any atom is 0.326 e. The van der Waals surface area contributed by atoms with Crippen molar-refractivity contribution in [1.29, 1.82) is 0 Å². The molecule has 0 aromatic rings. The standard InChI is InChI=1S/C17H27N3O5/c1-11(22)5-13(14(23)24)20-15(25)19-12-6-16(2,3)8-17(4,7-12)9-18-10-21/h12-13H,5-9H2,1-4H3,(H,23,24)(H2,19,20,25). The Bertz CT molecular complexity index is 583. The van der Waals surface area contributed by atoms with Crippen molar-refractivity contribution in [3.05, 3.63) is 0 Å². The molecule has 3 N–H and O–H groups in total. The molecule has 0 bridgehead atoms. The average Bonchev–Trinajstić information content (AvgIpc) is 2.41. The molecule has 1 saturated carbocycles. The summed E-state index contributed by atoms with van der Waals surface area (Å²) < 4.78 is 0. The van der Waals surface area contributed by atoms with Crippen LogP contribution in [0.3, 0.4) is 0 Å². The minimum atomic E-state index is -1.25. The molecule has 0 radical (unpaired) electrons. The Balaban J connectivity index is 2.75. The number of carboxylic acids is 1. The van der Waals surface area contributed by atoms with Crippen molar-refractivity contribution in [2.45, 2.75) is 65.5 Å².